The number of halogens is 2. The fourth-order valence-corrected chi connectivity index (χ4v) is 1.54. The van der Waals surface area contributed by atoms with E-state index in [1.165, 1.54) is 18.3 Å². The molecule has 0 saturated heterocycles. The molecule has 1 aromatic carbocycles. The van der Waals surface area contributed by atoms with Gasteiger partial charge in [-0.05, 0) is 6.07 Å². The van der Waals surface area contributed by atoms with Crippen molar-refractivity contribution in [2.45, 2.75) is 6.04 Å². The van der Waals surface area contributed by atoms with E-state index in [0.717, 1.165) is 6.07 Å². The zero-order chi connectivity index (χ0) is 11.7. The first kappa shape index (κ1) is 10.8. The van der Waals surface area contributed by atoms with Crippen LogP contribution in [0.3, 0.4) is 0 Å². The largest absolute Gasteiger partial charge is 0.320 e. The number of aromatic nitrogens is 2. The van der Waals surface area contributed by atoms with E-state index < -0.39 is 17.7 Å². The minimum absolute atomic E-state index is 0.132. The average molecular weight is 223 g/mol. The van der Waals surface area contributed by atoms with Crippen LogP contribution in [0, 0.1) is 11.6 Å². The van der Waals surface area contributed by atoms with Crippen LogP contribution in [0.25, 0.3) is 0 Å². The molecule has 0 radical (unpaired) electrons. The molecule has 0 aliphatic rings. The fourth-order valence-electron chi connectivity index (χ4n) is 1.54. The van der Waals surface area contributed by atoms with Crippen LogP contribution in [0.15, 0.2) is 30.6 Å². The second-order valence-electron chi connectivity index (χ2n) is 3.57. The van der Waals surface area contributed by atoms with E-state index in [1.54, 1.807) is 17.9 Å². The summed E-state index contributed by atoms with van der Waals surface area (Å²) in [5.74, 6) is -1.80. The van der Waals surface area contributed by atoms with Gasteiger partial charge in [-0.25, -0.2) is 8.78 Å². The Kier molecular flexibility index (Phi) is 2.70. The van der Waals surface area contributed by atoms with E-state index in [1.807, 2.05) is 0 Å². The fraction of sp³-hybridized carbons (Fsp3) is 0.182. The van der Waals surface area contributed by atoms with Crippen LogP contribution in [0.2, 0.25) is 0 Å². The van der Waals surface area contributed by atoms with Crippen LogP contribution in [0.4, 0.5) is 8.78 Å². The van der Waals surface area contributed by atoms with Crippen molar-refractivity contribution in [2.75, 3.05) is 0 Å². The first-order valence-electron chi connectivity index (χ1n) is 4.77. The first-order chi connectivity index (χ1) is 7.59. The van der Waals surface area contributed by atoms with Gasteiger partial charge in [0.25, 0.3) is 0 Å². The van der Waals surface area contributed by atoms with Gasteiger partial charge in [0, 0.05) is 24.4 Å². The Morgan fingerprint density at radius 3 is 2.75 bits per heavy atom. The predicted octanol–water partition coefficient (Wildman–Crippen LogP) is 1.75. The second-order valence-corrected chi connectivity index (χ2v) is 3.57. The Hall–Kier alpha value is -1.75. The van der Waals surface area contributed by atoms with Gasteiger partial charge in [0.1, 0.15) is 0 Å². The number of nitrogens with two attached hydrogens (primary N) is 1. The third-order valence-corrected chi connectivity index (χ3v) is 2.40. The zero-order valence-corrected chi connectivity index (χ0v) is 8.69. The minimum atomic E-state index is -0.904. The van der Waals surface area contributed by atoms with Gasteiger partial charge in [-0.1, -0.05) is 12.1 Å². The maximum atomic E-state index is 13.5. The van der Waals surface area contributed by atoms with Crippen LogP contribution in [0.5, 0.6) is 0 Å². The van der Waals surface area contributed by atoms with Gasteiger partial charge >= 0.3 is 0 Å². The van der Waals surface area contributed by atoms with E-state index >= 15 is 0 Å². The molecule has 1 heterocycles. The van der Waals surface area contributed by atoms with Crippen molar-refractivity contribution >= 4 is 0 Å². The summed E-state index contributed by atoms with van der Waals surface area (Å²) in [6, 6.07) is 3.26. The molecule has 1 unspecified atom stereocenters. The van der Waals surface area contributed by atoms with Gasteiger partial charge in [-0.3, -0.25) is 4.68 Å². The molecule has 0 aliphatic carbocycles. The molecular formula is C11H11F2N3. The normalized spacial score (nSPS) is 12.8. The Bertz CT molecular complexity index is 508. The molecule has 1 aromatic heterocycles. The van der Waals surface area contributed by atoms with Crippen molar-refractivity contribution in [3.63, 3.8) is 0 Å². The SMILES string of the molecule is Cn1cc(C(N)c2cccc(F)c2F)cn1. The quantitative estimate of drug-likeness (QED) is 0.842. The molecule has 1 atom stereocenters. The highest BCUT2D eigenvalue weighted by Gasteiger charge is 2.17. The van der Waals surface area contributed by atoms with Crippen molar-refractivity contribution in [1.82, 2.24) is 9.78 Å². The predicted molar refractivity (Wildman–Crippen MR) is 55.6 cm³/mol. The average Bonchev–Trinajstić information content (AvgIpc) is 2.68. The summed E-state index contributed by atoms with van der Waals surface area (Å²) >= 11 is 0. The lowest BCUT2D eigenvalue weighted by molar-refractivity contribution is 0.494. The lowest BCUT2D eigenvalue weighted by atomic mass is 10.0. The number of hydrogen-bond donors (Lipinski definition) is 1. The monoisotopic (exact) mass is 223 g/mol. The lowest BCUT2D eigenvalue weighted by Crippen LogP contribution is -2.13. The summed E-state index contributed by atoms with van der Waals surface area (Å²) in [5.41, 5.74) is 6.62. The number of hydrogen-bond acceptors (Lipinski definition) is 2. The van der Waals surface area contributed by atoms with Gasteiger partial charge in [0.05, 0.1) is 12.2 Å². The molecule has 0 aliphatic heterocycles. The Morgan fingerprint density at radius 1 is 1.38 bits per heavy atom. The highest BCUT2D eigenvalue weighted by molar-refractivity contribution is 5.30. The highest BCUT2D eigenvalue weighted by atomic mass is 19.2. The molecule has 84 valence electrons. The van der Waals surface area contributed by atoms with Crippen molar-refractivity contribution in [3.8, 4) is 0 Å². The third-order valence-electron chi connectivity index (χ3n) is 2.40. The zero-order valence-electron chi connectivity index (χ0n) is 8.69. The summed E-state index contributed by atoms with van der Waals surface area (Å²) in [5, 5.41) is 3.94. The van der Waals surface area contributed by atoms with E-state index in [9.17, 15) is 8.78 Å². The summed E-state index contributed by atoms with van der Waals surface area (Å²) in [4.78, 5) is 0. The van der Waals surface area contributed by atoms with E-state index in [4.69, 9.17) is 5.73 Å². The maximum absolute atomic E-state index is 13.5. The smallest absolute Gasteiger partial charge is 0.163 e. The molecule has 3 nitrogen and oxygen atoms in total. The van der Waals surface area contributed by atoms with Crippen molar-refractivity contribution < 1.29 is 8.78 Å². The van der Waals surface area contributed by atoms with Crippen LogP contribution in [-0.2, 0) is 7.05 Å². The summed E-state index contributed by atoms with van der Waals surface area (Å²) in [6.45, 7) is 0. The molecule has 0 fully saturated rings. The van der Waals surface area contributed by atoms with E-state index in [0.29, 0.717) is 5.56 Å². The molecular weight excluding hydrogens is 212 g/mol. The molecule has 5 heteroatoms. The number of aryl methyl sites for hydroxylation is 1. The number of rotatable bonds is 2. The van der Waals surface area contributed by atoms with Crippen molar-refractivity contribution in [2.24, 2.45) is 12.8 Å². The van der Waals surface area contributed by atoms with E-state index in [2.05, 4.69) is 5.10 Å². The molecule has 0 spiro atoms. The Morgan fingerprint density at radius 2 is 2.12 bits per heavy atom. The Balaban J connectivity index is 2.41. The summed E-state index contributed by atoms with van der Waals surface area (Å²) in [6.07, 6.45) is 3.21. The number of benzene rings is 1. The van der Waals surface area contributed by atoms with Crippen LogP contribution in [0.1, 0.15) is 17.2 Å². The molecule has 16 heavy (non-hydrogen) atoms. The standard InChI is InChI=1S/C11H11F2N3/c1-16-6-7(5-15-16)11(14)8-3-2-4-9(12)10(8)13/h2-6,11H,14H2,1H3. The second kappa shape index (κ2) is 4.02. The molecule has 0 amide bonds. The minimum Gasteiger partial charge on any atom is -0.320 e. The topological polar surface area (TPSA) is 43.8 Å². The van der Waals surface area contributed by atoms with Crippen LogP contribution >= 0.6 is 0 Å². The maximum Gasteiger partial charge on any atom is 0.163 e. The molecule has 2 aromatic rings. The van der Waals surface area contributed by atoms with Gasteiger partial charge in [0.15, 0.2) is 11.6 Å². The molecule has 2 rings (SSSR count). The molecule has 2 N–H and O–H groups in total. The third kappa shape index (κ3) is 1.81. The number of nitrogens with zero attached hydrogens (tertiary/aromatic N) is 2. The van der Waals surface area contributed by atoms with Gasteiger partial charge in [0.2, 0.25) is 0 Å². The molecule has 0 saturated carbocycles. The van der Waals surface area contributed by atoms with Gasteiger partial charge in [-0.2, -0.15) is 5.10 Å². The summed E-state index contributed by atoms with van der Waals surface area (Å²) < 4.78 is 28.0. The first-order valence-corrected chi connectivity index (χ1v) is 4.77. The highest BCUT2D eigenvalue weighted by Crippen LogP contribution is 2.22. The van der Waals surface area contributed by atoms with Gasteiger partial charge < -0.3 is 5.73 Å². The van der Waals surface area contributed by atoms with Gasteiger partial charge in [-0.15, -0.1) is 0 Å². The van der Waals surface area contributed by atoms with Crippen molar-refractivity contribution in [1.29, 1.82) is 0 Å². The summed E-state index contributed by atoms with van der Waals surface area (Å²) in [7, 11) is 1.73. The van der Waals surface area contributed by atoms with Crippen molar-refractivity contribution in [3.05, 3.63) is 53.4 Å². The van der Waals surface area contributed by atoms with Crippen LogP contribution < -0.4 is 5.73 Å². The van der Waals surface area contributed by atoms with E-state index in [-0.39, 0.29) is 5.56 Å². The lowest BCUT2D eigenvalue weighted by Gasteiger charge is -2.10. The Labute approximate surface area is 91.5 Å². The van der Waals surface area contributed by atoms with Crippen LogP contribution in [-0.4, -0.2) is 9.78 Å². The molecule has 0 bridgehead atoms.